The van der Waals surface area contributed by atoms with E-state index in [0.29, 0.717) is 5.92 Å². The molecule has 0 heterocycles. The summed E-state index contributed by atoms with van der Waals surface area (Å²) in [5.41, 5.74) is 2.61. The molecule has 1 aromatic rings. The molecule has 0 aromatic heterocycles. The first-order valence-corrected chi connectivity index (χ1v) is 6.08. The maximum absolute atomic E-state index is 5.10. The number of hydrogen-bond donors (Lipinski definition) is 1. The quantitative estimate of drug-likeness (QED) is 0.762. The van der Waals surface area contributed by atoms with Crippen LogP contribution in [0.15, 0.2) is 24.3 Å². The molecule has 0 bridgehead atoms. The van der Waals surface area contributed by atoms with Gasteiger partial charge < -0.3 is 10.1 Å². The van der Waals surface area contributed by atoms with Crippen LogP contribution < -0.4 is 5.32 Å². The molecule has 1 rings (SSSR count). The Morgan fingerprint density at radius 1 is 1.25 bits per heavy atom. The van der Waals surface area contributed by atoms with Gasteiger partial charge in [0.1, 0.15) is 0 Å². The maximum Gasteiger partial charge on any atom is 0.0504 e. The summed E-state index contributed by atoms with van der Waals surface area (Å²) >= 11 is 0. The summed E-state index contributed by atoms with van der Waals surface area (Å²) in [6.07, 6.45) is 2.37. The van der Waals surface area contributed by atoms with Crippen LogP contribution in [0.3, 0.4) is 0 Å². The monoisotopic (exact) mass is 221 g/mol. The average molecular weight is 221 g/mol. The van der Waals surface area contributed by atoms with Gasteiger partial charge in [0.05, 0.1) is 6.61 Å². The van der Waals surface area contributed by atoms with Crippen LogP contribution in [0, 0.1) is 5.92 Å². The van der Waals surface area contributed by atoms with Crippen LogP contribution >= 0.6 is 0 Å². The van der Waals surface area contributed by atoms with Gasteiger partial charge >= 0.3 is 0 Å². The second kappa shape index (κ2) is 7.29. The molecule has 2 heteroatoms. The fraction of sp³-hybridized carbons (Fsp3) is 0.571. The van der Waals surface area contributed by atoms with E-state index in [4.69, 9.17) is 4.74 Å². The topological polar surface area (TPSA) is 21.3 Å². The third-order valence-corrected chi connectivity index (χ3v) is 2.60. The lowest BCUT2D eigenvalue weighted by Crippen LogP contribution is -2.15. The van der Waals surface area contributed by atoms with Crippen molar-refractivity contribution >= 4 is 5.69 Å². The van der Waals surface area contributed by atoms with E-state index in [1.165, 1.54) is 24.1 Å². The molecule has 0 saturated carbocycles. The second-order valence-corrected chi connectivity index (χ2v) is 4.39. The van der Waals surface area contributed by atoms with Crippen molar-refractivity contribution in [3.05, 3.63) is 29.8 Å². The van der Waals surface area contributed by atoms with E-state index in [0.717, 1.165) is 13.2 Å². The molecule has 0 amide bonds. The Labute approximate surface area is 99.0 Å². The normalized spacial score (nSPS) is 12.4. The number of rotatable bonds is 7. The number of methoxy groups -OCH3 is 1. The van der Waals surface area contributed by atoms with Crippen LogP contribution in [0.5, 0.6) is 0 Å². The van der Waals surface area contributed by atoms with Gasteiger partial charge in [0, 0.05) is 19.3 Å². The van der Waals surface area contributed by atoms with E-state index in [-0.39, 0.29) is 0 Å². The van der Waals surface area contributed by atoms with E-state index in [1.54, 1.807) is 7.11 Å². The summed E-state index contributed by atoms with van der Waals surface area (Å²) in [4.78, 5) is 0. The van der Waals surface area contributed by atoms with Gasteiger partial charge in [-0.15, -0.1) is 0 Å². The Balaban J connectivity index is 2.37. The van der Waals surface area contributed by atoms with Gasteiger partial charge in [-0.2, -0.15) is 0 Å². The summed E-state index contributed by atoms with van der Waals surface area (Å²) in [6.45, 7) is 6.16. The molecule has 1 atom stereocenters. The van der Waals surface area contributed by atoms with E-state index in [9.17, 15) is 0 Å². The van der Waals surface area contributed by atoms with E-state index in [1.807, 2.05) is 0 Å². The predicted octanol–water partition coefficient (Wildman–Crippen LogP) is 3.33. The molecule has 0 spiro atoms. The Morgan fingerprint density at radius 3 is 2.50 bits per heavy atom. The highest BCUT2D eigenvalue weighted by atomic mass is 16.5. The van der Waals surface area contributed by atoms with Crippen molar-refractivity contribution < 1.29 is 4.74 Å². The summed E-state index contributed by atoms with van der Waals surface area (Å²) in [5, 5.41) is 3.42. The second-order valence-electron chi connectivity index (χ2n) is 4.39. The smallest absolute Gasteiger partial charge is 0.0504 e. The van der Waals surface area contributed by atoms with Crippen LogP contribution in [-0.4, -0.2) is 20.3 Å². The highest BCUT2D eigenvalue weighted by Gasteiger charge is 2.00. The van der Waals surface area contributed by atoms with Crippen molar-refractivity contribution in [3.8, 4) is 0 Å². The number of anilines is 1. The molecule has 2 nitrogen and oxygen atoms in total. The Morgan fingerprint density at radius 2 is 1.94 bits per heavy atom. The van der Waals surface area contributed by atoms with Gasteiger partial charge in [0.2, 0.25) is 0 Å². The number of nitrogens with one attached hydrogen (secondary N) is 1. The molecule has 0 aliphatic carbocycles. The van der Waals surface area contributed by atoms with Gasteiger partial charge in [-0.25, -0.2) is 0 Å². The van der Waals surface area contributed by atoms with E-state index >= 15 is 0 Å². The highest BCUT2D eigenvalue weighted by Crippen LogP contribution is 2.11. The molecule has 1 unspecified atom stereocenters. The van der Waals surface area contributed by atoms with Crippen molar-refractivity contribution in [1.29, 1.82) is 0 Å². The molecular formula is C14H23NO. The highest BCUT2D eigenvalue weighted by molar-refractivity contribution is 5.44. The standard InChI is InChI=1S/C14H23NO/c1-4-5-13-6-8-14(9-7-13)15-10-12(2)11-16-3/h6-9,12,15H,4-5,10-11H2,1-3H3. The zero-order chi connectivity index (χ0) is 11.8. The third-order valence-electron chi connectivity index (χ3n) is 2.60. The van der Waals surface area contributed by atoms with Gasteiger partial charge in [0.15, 0.2) is 0 Å². The van der Waals surface area contributed by atoms with Crippen molar-refractivity contribution in [2.45, 2.75) is 26.7 Å². The summed E-state index contributed by atoms with van der Waals surface area (Å²) < 4.78 is 5.10. The molecule has 0 aliphatic heterocycles. The van der Waals surface area contributed by atoms with Crippen molar-refractivity contribution in [1.82, 2.24) is 0 Å². The van der Waals surface area contributed by atoms with Crippen LogP contribution in [0.2, 0.25) is 0 Å². The van der Waals surface area contributed by atoms with Crippen LogP contribution in [-0.2, 0) is 11.2 Å². The lowest BCUT2D eigenvalue weighted by Gasteiger charge is -2.12. The SMILES string of the molecule is CCCc1ccc(NCC(C)COC)cc1. The lowest BCUT2D eigenvalue weighted by molar-refractivity contribution is 0.164. The lowest BCUT2D eigenvalue weighted by atomic mass is 10.1. The maximum atomic E-state index is 5.10. The van der Waals surface area contributed by atoms with Crippen LogP contribution in [0.1, 0.15) is 25.8 Å². The molecule has 1 aromatic carbocycles. The van der Waals surface area contributed by atoms with Gasteiger partial charge in [0.25, 0.3) is 0 Å². The third kappa shape index (κ3) is 4.67. The van der Waals surface area contributed by atoms with E-state index in [2.05, 4.69) is 43.4 Å². The Bertz CT molecular complexity index is 281. The minimum Gasteiger partial charge on any atom is -0.385 e. The zero-order valence-corrected chi connectivity index (χ0v) is 10.6. The molecule has 0 aliphatic rings. The first kappa shape index (κ1) is 13.0. The van der Waals surface area contributed by atoms with Crippen molar-refractivity contribution in [3.63, 3.8) is 0 Å². The largest absolute Gasteiger partial charge is 0.385 e. The Hall–Kier alpha value is -1.02. The molecule has 0 saturated heterocycles. The molecule has 90 valence electrons. The first-order chi connectivity index (χ1) is 7.76. The number of aryl methyl sites for hydroxylation is 1. The number of hydrogen-bond acceptors (Lipinski definition) is 2. The Kier molecular flexibility index (Phi) is 5.94. The van der Waals surface area contributed by atoms with Gasteiger partial charge in [-0.1, -0.05) is 32.4 Å². The summed E-state index contributed by atoms with van der Waals surface area (Å²) in [6, 6.07) is 8.72. The minimum absolute atomic E-state index is 0.542. The molecule has 16 heavy (non-hydrogen) atoms. The molecular weight excluding hydrogens is 198 g/mol. The van der Waals surface area contributed by atoms with Gasteiger partial charge in [-0.3, -0.25) is 0 Å². The fourth-order valence-electron chi connectivity index (χ4n) is 1.71. The van der Waals surface area contributed by atoms with E-state index < -0.39 is 0 Å². The van der Waals surface area contributed by atoms with Crippen molar-refractivity contribution in [2.75, 3.05) is 25.6 Å². The van der Waals surface area contributed by atoms with Crippen molar-refractivity contribution in [2.24, 2.45) is 5.92 Å². The summed E-state index contributed by atoms with van der Waals surface area (Å²) in [7, 11) is 1.75. The number of benzene rings is 1. The molecule has 0 fully saturated rings. The average Bonchev–Trinajstić information content (AvgIpc) is 2.29. The molecule has 0 radical (unpaired) electrons. The van der Waals surface area contributed by atoms with Gasteiger partial charge in [-0.05, 0) is 30.0 Å². The molecule has 1 N–H and O–H groups in total. The fourth-order valence-corrected chi connectivity index (χ4v) is 1.71. The first-order valence-electron chi connectivity index (χ1n) is 6.08. The summed E-state index contributed by atoms with van der Waals surface area (Å²) in [5.74, 6) is 0.542. The predicted molar refractivity (Wildman–Crippen MR) is 70.0 cm³/mol. The van der Waals surface area contributed by atoms with Crippen LogP contribution in [0.4, 0.5) is 5.69 Å². The van der Waals surface area contributed by atoms with Crippen LogP contribution in [0.25, 0.3) is 0 Å². The zero-order valence-electron chi connectivity index (χ0n) is 10.6. The minimum atomic E-state index is 0.542. The number of ether oxygens (including phenoxy) is 1.